The van der Waals surface area contributed by atoms with Crippen LogP contribution in [0.3, 0.4) is 0 Å². The molecule has 0 aliphatic heterocycles. The van der Waals surface area contributed by atoms with Gasteiger partial charge in [-0.3, -0.25) is 4.79 Å². The largest absolute Gasteiger partial charge is 0.484 e. The van der Waals surface area contributed by atoms with Crippen molar-refractivity contribution in [2.45, 2.75) is 13.0 Å². The molecule has 0 aliphatic rings. The van der Waals surface area contributed by atoms with Crippen molar-refractivity contribution in [3.63, 3.8) is 0 Å². The first-order valence-corrected chi connectivity index (χ1v) is 8.77. The van der Waals surface area contributed by atoms with Crippen molar-refractivity contribution < 1.29 is 9.53 Å². The third kappa shape index (κ3) is 5.49. The molecule has 0 aliphatic carbocycles. The highest BCUT2D eigenvalue weighted by atomic mass is 16.5. The molecular formula is C21H29N3O2. The molecule has 0 unspecified atom stereocenters. The van der Waals surface area contributed by atoms with E-state index in [1.165, 1.54) is 5.56 Å². The number of likely N-dealkylation sites (N-methyl/N-ethyl adjacent to an activating group) is 1. The summed E-state index contributed by atoms with van der Waals surface area (Å²) in [7, 11) is 8.07. The van der Waals surface area contributed by atoms with Crippen LogP contribution in [-0.2, 0) is 4.79 Å². The first-order chi connectivity index (χ1) is 12.4. The highest BCUT2D eigenvalue weighted by molar-refractivity contribution is 5.77. The summed E-state index contributed by atoms with van der Waals surface area (Å²) >= 11 is 0. The molecule has 0 spiro atoms. The zero-order valence-electron chi connectivity index (χ0n) is 16.3. The van der Waals surface area contributed by atoms with Crippen molar-refractivity contribution in [3.8, 4) is 5.75 Å². The zero-order valence-corrected chi connectivity index (χ0v) is 16.3. The summed E-state index contributed by atoms with van der Waals surface area (Å²) in [6.07, 6.45) is 0. The minimum atomic E-state index is -0.120. The minimum Gasteiger partial charge on any atom is -0.484 e. The molecule has 0 saturated heterocycles. The fourth-order valence-electron chi connectivity index (χ4n) is 2.72. The Hall–Kier alpha value is -2.53. The molecule has 140 valence electrons. The normalized spacial score (nSPS) is 11.9. The van der Waals surface area contributed by atoms with Crippen molar-refractivity contribution in [2.24, 2.45) is 0 Å². The quantitative estimate of drug-likeness (QED) is 0.791. The lowest BCUT2D eigenvalue weighted by Gasteiger charge is -2.26. The Kier molecular flexibility index (Phi) is 7.04. The Morgan fingerprint density at radius 2 is 1.69 bits per heavy atom. The Bertz CT molecular complexity index is 711. The van der Waals surface area contributed by atoms with Gasteiger partial charge in [0.15, 0.2) is 6.61 Å². The first-order valence-electron chi connectivity index (χ1n) is 8.77. The van der Waals surface area contributed by atoms with Crippen molar-refractivity contribution in [1.29, 1.82) is 0 Å². The Morgan fingerprint density at radius 3 is 2.27 bits per heavy atom. The van der Waals surface area contributed by atoms with Gasteiger partial charge in [-0.25, -0.2) is 0 Å². The standard InChI is InChI=1S/C21H29N3O2/c1-16-8-6-7-9-20(16)26-15-21(25)22-14-19(24(4)5)17-10-12-18(13-11-17)23(2)3/h6-13,19H,14-15H2,1-5H3,(H,22,25)/t19-/m0/s1. The lowest BCUT2D eigenvalue weighted by Crippen LogP contribution is -2.36. The second-order valence-electron chi connectivity index (χ2n) is 6.82. The van der Waals surface area contributed by atoms with Crippen molar-refractivity contribution in [1.82, 2.24) is 10.2 Å². The Balaban J connectivity index is 1.91. The van der Waals surface area contributed by atoms with E-state index in [9.17, 15) is 4.79 Å². The number of rotatable bonds is 8. The fraction of sp³-hybridized carbons (Fsp3) is 0.381. The summed E-state index contributed by atoms with van der Waals surface area (Å²) in [5.41, 5.74) is 3.34. The number of aryl methyl sites for hydroxylation is 1. The molecule has 2 rings (SSSR count). The van der Waals surface area contributed by atoms with Crippen LogP contribution in [0.1, 0.15) is 17.2 Å². The second-order valence-corrected chi connectivity index (χ2v) is 6.82. The minimum absolute atomic E-state index is 0.0184. The molecule has 5 heteroatoms. The van der Waals surface area contributed by atoms with Gasteiger partial charge in [0.05, 0.1) is 6.04 Å². The number of benzene rings is 2. The van der Waals surface area contributed by atoms with E-state index < -0.39 is 0 Å². The van der Waals surface area contributed by atoms with Gasteiger partial charge in [0.2, 0.25) is 0 Å². The Morgan fingerprint density at radius 1 is 1.04 bits per heavy atom. The number of para-hydroxylation sites is 1. The van der Waals surface area contributed by atoms with E-state index >= 15 is 0 Å². The highest BCUT2D eigenvalue weighted by Gasteiger charge is 2.16. The van der Waals surface area contributed by atoms with E-state index in [1.54, 1.807) is 0 Å². The number of anilines is 1. The number of nitrogens with one attached hydrogen (secondary N) is 1. The number of carbonyl (C=O) groups excluding carboxylic acids is 1. The average Bonchev–Trinajstić information content (AvgIpc) is 2.61. The number of hydrogen-bond donors (Lipinski definition) is 1. The van der Waals surface area contributed by atoms with E-state index in [-0.39, 0.29) is 18.6 Å². The molecule has 1 amide bonds. The fourth-order valence-corrected chi connectivity index (χ4v) is 2.72. The van der Waals surface area contributed by atoms with Crippen molar-refractivity contribution in [3.05, 3.63) is 59.7 Å². The topological polar surface area (TPSA) is 44.8 Å². The van der Waals surface area contributed by atoms with Crippen molar-refractivity contribution >= 4 is 11.6 Å². The van der Waals surface area contributed by atoms with Gasteiger partial charge in [-0.05, 0) is 50.3 Å². The summed E-state index contributed by atoms with van der Waals surface area (Å²) < 4.78 is 5.61. The molecule has 0 bridgehead atoms. The first kappa shape index (κ1) is 19.8. The van der Waals surface area contributed by atoms with E-state index in [1.807, 2.05) is 59.4 Å². The summed E-state index contributed by atoms with van der Waals surface area (Å²) in [6.45, 7) is 2.52. The van der Waals surface area contributed by atoms with Crippen LogP contribution in [0.15, 0.2) is 48.5 Å². The zero-order chi connectivity index (χ0) is 19.1. The van der Waals surface area contributed by atoms with Gasteiger partial charge >= 0.3 is 0 Å². The summed E-state index contributed by atoms with van der Waals surface area (Å²) in [5, 5.41) is 2.97. The molecule has 0 radical (unpaired) electrons. The smallest absolute Gasteiger partial charge is 0.258 e. The number of nitrogens with zero attached hydrogens (tertiary/aromatic N) is 2. The van der Waals surface area contributed by atoms with Gasteiger partial charge in [0, 0.05) is 26.3 Å². The van der Waals surface area contributed by atoms with Gasteiger partial charge in [0.1, 0.15) is 5.75 Å². The third-order valence-corrected chi connectivity index (χ3v) is 4.36. The lowest BCUT2D eigenvalue weighted by atomic mass is 10.1. The second kappa shape index (κ2) is 9.25. The maximum Gasteiger partial charge on any atom is 0.258 e. The number of hydrogen-bond acceptors (Lipinski definition) is 4. The molecule has 2 aromatic carbocycles. The van der Waals surface area contributed by atoms with Crippen LogP contribution in [0.4, 0.5) is 5.69 Å². The number of amides is 1. The van der Waals surface area contributed by atoms with Crippen LogP contribution in [0.25, 0.3) is 0 Å². The Labute approximate surface area is 156 Å². The van der Waals surface area contributed by atoms with Crippen LogP contribution >= 0.6 is 0 Å². The maximum atomic E-state index is 12.2. The molecule has 1 N–H and O–H groups in total. The van der Waals surface area contributed by atoms with Crippen molar-refractivity contribution in [2.75, 3.05) is 46.2 Å². The predicted octanol–water partition coefficient (Wildman–Crippen LogP) is 2.86. The van der Waals surface area contributed by atoms with Gasteiger partial charge in [0.25, 0.3) is 5.91 Å². The van der Waals surface area contributed by atoms with Gasteiger partial charge < -0.3 is 19.9 Å². The monoisotopic (exact) mass is 355 g/mol. The van der Waals surface area contributed by atoms with Crippen LogP contribution in [0, 0.1) is 6.92 Å². The number of carbonyl (C=O) groups is 1. The third-order valence-electron chi connectivity index (χ3n) is 4.36. The van der Waals surface area contributed by atoms with Gasteiger partial charge in [-0.1, -0.05) is 30.3 Å². The van der Waals surface area contributed by atoms with Crippen LogP contribution in [0.2, 0.25) is 0 Å². The SMILES string of the molecule is Cc1ccccc1OCC(=O)NC[C@@H](c1ccc(N(C)C)cc1)N(C)C. The molecule has 1 atom stereocenters. The molecular weight excluding hydrogens is 326 g/mol. The molecule has 2 aromatic rings. The lowest BCUT2D eigenvalue weighted by molar-refractivity contribution is -0.123. The molecule has 0 saturated carbocycles. The van der Waals surface area contributed by atoms with Crippen LogP contribution in [0.5, 0.6) is 5.75 Å². The molecule has 26 heavy (non-hydrogen) atoms. The summed E-state index contributed by atoms with van der Waals surface area (Å²) in [4.78, 5) is 16.3. The van der Waals surface area contributed by atoms with E-state index in [4.69, 9.17) is 4.74 Å². The van der Waals surface area contributed by atoms with Crippen LogP contribution in [-0.4, -0.2) is 52.1 Å². The molecule has 0 heterocycles. The summed E-state index contributed by atoms with van der Waals surface area (Å²) in [6, 6.07) is 16.2. The summed E-state index contributed by atoms with van der Waals surface area (Å²) in [5.74, 6) is 0.621. The van der Waals surface area contributed by atoms with E-state index in [0.29, 0.717) is 6.54 Å². The van der Waals surface area contributed by atoms with Gasteiger partial charge in [-0.2, -0.15) is 0 Å². The molecule has 5 nitrogen and oxygen atoms in total. The average molecular weight is 355 g/mol. The number of ether oxygens (including phenoxy) is 1. The van der Waals surface area contributed by atoms with E-state index in [2.05, 4.69) is 39.4 Å². The highest BCUT2D eigenvalue weighted by Crippen LogP contribution is 2.21. The van der Waals surface area contributed by atoms with Gasteiger partial charge in [-0.15, -0.1) is 0 Å². The maximum absolute atomic E-state index is 12.2. The molecule has 0 fully saturated rings. The van der Waals surface area contributed by atoms with E-state index in [0.717, 1.165) is 17.0 Å². The van der Waals surface area contributed by atoms with Crippen LogP contribution < -0.4 is 15.0 Å². The predicted molar refractivity (Wildman–Crippen MR) is 107 cm³/mol. The molecule has 0 aromatic heterocycles.